The fraction of sp³-hybridized carbons (Fsp3) is 0.960. The van der Waals surface area contributed by atoms with Crippen molar-refractivity contribution in [3.63, 3.8) is 0 Å². The molecule has 3 aliphatic rings. The van der Waals surface area contributed by atoms with Crippen molar-refractivity contribution in [3.05, 3.63) is 5.21 Å². The van der Waals surface area contributed by atoms with Gasteiger partial charge in [0.1, 0.15) is 85.8 Å². The van der Waals surface area contributed by atoms with Gasteiger partial charge in [-0.1, -0.05) is 6.92 Å². The van der Waals surface area contributed by atoms with Crippen LogP contribution in [0.4, 0.5) is 0 Å². The summed E-state index contributed by atoms with van der Waals surface area (Å²) in [5, 5.41) is 136. The Balaban J connectivity index is 1.29. The van der Waals surface area contributed by atoms with Crippen molar-refractivity contribution in [2.75, 3.05) is 178 Å². The van der Waals surface area contributed by atoms with Gasteiger partial charge in [0.05, 0.1) is 159 Å². The van der Waals surface area contributed by atoms with Crippen LogP contribution in [0.15, 0.2) is 0 Å². The second-order valence-corrected chi connectivity index (χ2v) is 20.1. The van der Waals surface area contributed by atoms with Crippen molar-refractivity contribution in [3.8, 4) is 0 Å². The second-order valence-electron chi connectivity index (χ2n) is 20.1. The molecule has 0 aromatic carbocycles. The Labute approximate surface area is 482 Å². The molecule has 0 spiro atoms. The first-order chi connectivity index (χ1) is 39.9. The molecule has 11 unspecified atom stereocenters. The average molecular weight is 1220 g/mol. The Morgan fingerprint density at radius 2 is 0.759 bits per heavy atom. The third-order valence-electron chi connectivity index (χ3n) is 13.0. The molecule has 0 radical (unpaired) electrons. The fourth-order valence-electron chi connectivity index (χ4n) is 8.04. The zero-order valence-electron chi connectivity index (χ0n) is 47.5. The van der Waals surface area contributed by atoms with Crippen molar-refractivity contribution in [1.29, 1.82) is 0 Å². The summed E-state index contributed by atoms with van der Waals surface area (Å²) >= 11 is 0. The molecule has 3 saturated heterocycles. The van der Waals surface area contributed by atoms with E-state index >= 15 is 0 Å². The highest BCUT2D eigenvalue weighted by Crippen LogP contribution is 2.25. The Bertz CT molecular complexity index is 1580. The third-order valence-corrected chi connectivity index (χ3v) is 13.0. The number of rotatable bonds is 48. The molecule has 0 aromatic rings. The summed E-state index contributed by atoms with van der Waals surface area (Å²) in [6, 6.07) is -0.485. The molecule has 17 atom stereocenters. The van der Waals surface area contributed by atoms with Crippen LogP contribution in [0.5, 0.6) is 0 Å². The Morgan fingerprint density at radius 3 is 1.11 bits per heavy atom. The van der Waals surface area contributed by atoms with Crippen LogP contribution in [0.1, 0.15) is 26.7 Å². The van der Waals surface area contributed by atoms with Gasteiger partial charge in [0.15, 0.2) is 18.9 Å². The van der Waals surface area contributed by atoms with Gasteiger partial charge in [0.25, 0.3) is 0 Å². The number of carbonyl (C=O) groups excluding carboxylic acids is 2. The molecule has 0 bridgehead atoms. The van der Waals surface area contributed by atoms with Gasteiger partial charge < -0.3 is 153 Å². The molecular formula is C50H95N3O30. The SMILES string of the molecule is CC(COCC(C)(COCCC(=O)NCCOCCOCCO[C@H]1OC(CO)[C@@H](O)C(O)C1O)COCCC(=O)NCCOCCOCCO[C@H]1OC(CO)[C@@H](O)C(O)C1O)[NH+]([O-])CCOCCOCCO[C@H]1OC(CO)[C@@H](O)C(O)C1O. The van der Waals surface area contributed by atoms with Crippen LogP contribution in [0.3, 0.4) is 0 Å². The normalized spacial score (nSPS) is 30.0. The maximum absolute atomic E-state index is 12.9. The van der Waals surface area contributed by atoms with Crippen molar-refractivity contribution in [1.82, 2.24) is 10.6 Å². The number of aliphatic hydroxyl groups is 12. The molecule has 0 saturated carbocycles. The number of amides is 2. The number of nitrogens with one attached hydrogen (secondary N) is 3. The van der Waals surface area contributed by atoms with Gasteiger partial charge in [0.2, 0.25) is 11.8 Å². The molecule has 33 heteroatoms. The van der Waals surface area contributed by atoms with E-state index in [9.17, 15) is 76.1 Å². The molecule has 33 nitrogen and oxygen atoms in total. The van der Waals surface area contributed by atoms with Crippen LogP contribution < -0.4 is 15.7 Å². The molecule has 0 aliphatic carbocycles. The molecule has 490 valence electrons. The van der Waals surface area contributed by atoms with E-state index in [2.05, 4.69) is 10.6 Å². The van der Waals surface area contributed by atoms with Gasteiger partial charge in [-0.15, -0.1) is 0 Å². The summed E-state index contributed by atoms with van der Waals surface area (Å²) in [5.74, 6) is -0.563. The lowest BCUT2D eigenvalue weighted by molar-refractivity contribution is -0.874. The Morgan fingerprint density at radius 1 is 0.446 bits per heavy atom. The van der Waals surface area contributed by atoms with E-state index < -0.39 is 123 Å². The Hall–Kier alpha value is -2.22. The lowest BCUT2D eigenvalue weighted by Crippen LogP contribution is -3.12. The number of ether oxygens (including phenoxy) is 15. The molecule has 3 fully saturated rings. The van der Waals surface area contributed by atoms with Crippen LogP contribution in [-0.2, 0) is 80.6 Å². The van der Waals surface area contributed by atoms with E-state index in [1.54, 1.807) is 6.92 Å². The van der Waals surface area contributed by atoms with Crippen molar-refractivity contribution >= 4 is 11.8 Å². The van der Waals surface area contributed by atoms with E-state index in [1.807, 2.05) is 6.92 Å². The molecule has 3 rings (SSSR count). The fourth-order valence-corrected chi connectivity index (χ4v) is 8.04. The van der Waals surface area contributed by atoms with Crippen LogP contribution in [0.25, 0.3) is 0 Å². The van der Waals surface area contributed by atoms with Gasteiger partial charge in [-0.3, -0.25) is 9.59 Å². The largest absolute Gasteiger partial charge is 0.634 e. The minimum Gasteiger partial charge on any atom is -0.634 e. The minimum absolute atomic E-state index is 0.0110. The lowest BCUT2D eigenvalue weighted by Gasteiger charge is -2.39. The molecular weight excluding hydrogens is 1120 g/mol. The lowest BCUT2D eigenvalue weighted by atomic mass is 9.94. The summed E-state index contributed by atoms with van der Waals surface area (Å²) in [4.78, 5) is 25.1. The van der Waals surface area contributed by atoms with E-state index in [-0.39, 0.29) is 188 Å². The number of quaternary nitrogens is 1. The molecule has 15 N–H and O–H groups in total. The number of hydrogen-bond donors (Lipinski definition) is 15. The summed E-state index contributed by atoms with van der Waals surface area (Å²) in [6.07, 6.45) is -20.6. The van der Waals surface area contributed by atoms with E-state index in [0.717, 1.165) is 0 Å². The van der Waals surface area contributed by atoms with Crippen molar-refractivity contribution < 1.29 is 147 Å². The summed E-state index contributed by atoms with van der Waals surface area (Å²) < 4.78 is 82.5. The van der Waals surface area contributed by atoms with Crippen molar-refractivity contribution in [2.45, 2.75) is 125 Å². The first-order valence-electron chi connectivity index (χ1n) is 27.9. The molecule has 2 amide bonds. The Kier molecular flexibility index (Phi) is 39.3. The minimum atomic E-state index is -1.55. The quantitative estimate of drug-likeness (QED) is 0.0199. The van der Waals surface area contributed by atoms with E-state index in [4.69, 9.17) is 71.1 Å². The van der Waals surface area contributed by atoms with E-state index in [0.29, 0.717) is 0 Å². The number of aliphatic hydroxyl groups excluding tert-OH is 12. The zero-order valence-corrected chi connectivity index (χ0v) is 47.5. The third kappa shape index (κ3) is 29.1. The van der Waals surface area contributed by atoms with E-state index in [1.165, 1.54) is 0 Å². The van der Waals surface area contributed by atoms with Gasteiger partial charge >= 0.3 is 0 Å². The van der Waals surface area contributed by atoms with Crippen LogP contribution in [0.2, 0.25) is 0 Å². The maximum atomic E-state index is 12.9. The molecule has 3 heterocycles. The molecule has 3 aliphatic heterocycles. The average Bonchev–Trinajstić information content (AvgIpc) is 3.69. The molecule has 0 aromatic heterocycles. The predicted octanol–water partition coefficient (Wildman–Crippen LogP) is -9.62. The smallest absolute Gasteiger partial charge is 0.222 e. The van der Waals surface area contributed by atoms with Gasteiger partial charge in [-0.05, 0) is 6.92 Å². The second kappa shape index (κ2) is 43.4. The topological polar surface area (TPSA) is 467 Å². The van der Waals surface area contributed by atoms with Crippen LogP contribution in [-0.4, -0.2) is 349 Å². The van der Waals surface area contributed by atoms with Gasteiger partial charge in [-0.25, -0.2) is 0 Å². The number of carbonyl (C=O) groups is 2. The zero-order chi connectivity index (χ0) is 61.0. The van der Waals surface area contributed by atoms with Crippen LogP contribution in [0, 0.1) is 10.6 Å². The number of hydroxylamine groups is 2. The highest BCUT2D eigenvalue weighted by atomic mass is 16.7. The predicted molar refractivity (Wildman–Crippen MR) is 279 cm³/mol. The maximum Gasteiger partial charge on any atom is 0.222 e. The monoisotopic (exact) mass is 1220 g/mol. The molecule has 83 heavy (non-hydrogen) atoms. The summed E-state index contributed by atoms with van der Waals surface area (Å²) in [6.45, 7) is 4.87. The standard InChI is InChI=1S/C50H95N3O30/c1-32(53(68)7-12-71-15-18-74-21-24-80-49-46(67)43(64)40(61)35(27-56)83-49)28-77-31-50(2,29-75-8-3-36(57)51-5-10-69-13-16-72-19-22-78-47-44(65)41(62)38(59)33(25-54)81-47)30-76-9-4-37(58)52-6-11-70-14-17-73-20-23-79-48-45(66)42(63)39(60)34(26-55)82-48/h32-35,38-49,53-56,59-67H,3-31H2,1-2H3,(H,51,57)(H,52,58)/t32?,33?,34?,35?,38-,39-,40-,41?,42?,43?,44?,45?,46?,47+,48+,49+,50?/m1/s1. The highest BCUT2D eigenvalue weighted by molar-refractivity contribution is 5.76. The number of hydrogen-bond acceptors (Lipinski definition) is 30. The highest BCUT2D eigenvalue weighted by Gasteiger charge is 2.46. The summed E-state index contributed by atoms with van der Waals surface area (Å²) in [7, 11) is 0. The van der Waals surface area contributed by atoms with Crippen LogP contribution >= 0.6 is 0 Å². The first-order valence-corrected chi connectivity index (χ1v) is 27.9. The van der Waals surface area contributed by atoms with Gasteiger partial charge in [-0.2, -0.15) is 0 Å². The first kappa shape index (κ1) is 75.0. The summed E-state index contributed by atoms with van der Waals surface area (Å²) in [5.41, 5.74) is -0.761. The van der Waals surface area contributed by atoms with Crippen molar-refractivity contribution in [2.24, 2.45) is 5.41 Å². The van der Waals surface area contributed by atoms with Gasteiger partial charge in [0, 0.05) is 31.3 Å².